The fourth-order valence-corrected chi connectivity index (χ4v) is 1.55. The molecule has 14 heavy (non-hydrogen) atoms. The number of nitrogens with two attached hydrogens (primary N) is 1. The number of carboxylic acid groups (broad SMARTS) is 1. The van der Waals surface area contributed by atoms with E-state index in [1.165, 1.54) is 12.1 Å². The topological polar surface area (TPSA) is 92.8 Å². The molecule has 0 spiro atoms. The van der Waals surface area contributed by atoms with Crippen LogP contribution >= 0.6 is 0 Å². The molecule has 0 aliphatic carbocycles. The molecule has 1 atom stereocenters. The predicted octanol–water partition coefficient (Wildman–Crippen LogP) is 0.483. The molecule has 1 aliphatic heterocycles. The zero-order valence-electron chi connectivity index (χ0n) is 7.23. The standard InChI is InChI=1S/C9H9NO4/c10-5-3-14-8-6(11)2-1-4(7(5)8)9(12)13/h1-2,5,11H,3,10H2,(H,12,13)/t5-/m1/s1. The fourth-order valence-electron chi connectivity index (χ4n) is 1.55. The van der Waals surface area contributed by atoms with E-state index in [9.17, 15) is 9.90 Å². The Hall–Kier alpha value is -1.75. The molecular formula is C9H9NO4. The van der Waals surface area contributed by atoms with Gasteiger partial charge in [0.2, 0.25) is 0 Å². The predicted molar refractivity (Wildman–Crippen MR) is 47.5 cm³/mol. The Morgan fingerprint density at radius 2 is 2.29 bits per heavy atom. The van der Waals surface area contributed by atoms with E-state index >= 15 is 0 Å². The van der Waals surface area contributed by atoms with Gasteiger partial charge in [-0.2, -0.15) is 0 Å². The molecule has 2 rings (SSSR count). The van der Waals surface area contributed by atoms with Crippen LogP contribution in [0.2, 0.25) is 0 Å². The summed E-state index contributed by atoms with van der Waals surface area (Å²) >= 11 is 0. The van der Waals surface area contributed by atoms with Gasteiger partial charge in [0.1, 0.15) is 6.61 Å². The summed E-state index contributed by atoms with van der Waals surface area (Å²) in [5, 5.41) is 18.2. The van der Waals surface area contributed by atoms with Gasteiger partial charge in [0.15, 0.2) is 11.5 Å². The van der Waals surface area contributed by atoms with Crippen molar-refractivity contribution < 1.29 is 19.7 Å². The quantitative estimate of drug-likeness (QED) is 0.606. The minimum atomic E-state index is -1.07. The van der Waals surface area contributed by atoms with Crippen LogP contribution in [0.15, 0.2) is 12.1 Å². The molecule has 1 aromatic rings. The van der Waals surface area contributed by atoms with Crippen LogP contribution in [-0.2, 0) is 0 Å². The number of ether oxygens (including phenoxy) is 1. The Bertz CT molecular complexity index is 402. The lowest BCUT2D eigenvalue weighted by Crippen LogP contribution is -2.14. The number of aromatic carboxylic acids is 1. The van der Waals surface area contributed by atoms with Crippen molar-refractivity contribution in [2.45, 2.75) is 6.04 Å². The molecule has 0 saturated heterocycles. The van der Waals surface area contributed by atoms with Crippen LogP contribution in [0.1, 0.15) is 22.0 Å². The van der Waals surface area contributed by atoms with E-state index in [-0.39, 0.29) is 23.7 Å². The minimum Gasteiger partial charge on any atom is -0.504 e. The van der Waals surface area contributed by atoms with Crippen LogP contribution in [0.3, 0.4) is 0 Å². The molecule has 0 radical (unpaired) electrons. The van der Waals surface area contributed by atoms with Gasteiger partial charge >= 0.3 is 5.97 Å². The molecule has 74 valence electrons. The summed E-state index contributed by atoms with van der Waals surface area (Å²) in [5.74, 6) is -0.947. The van der Waals surface area contributed by atoms with Crippen LogP contribution in [0.5, 0.6) is 11.5 Å². The van der Waals surface area contributed by atoms with Crippen LogP contribution in [0, 0.1) is 0 Å². The van der Waals surface area contributed by atoms with Crippen LogP contribution in [-0.4, -0.2) is 22.8 Å². The lowest BCUT2D eigenvalue weighted by Gasteiger charge is -2.06. The average molecular weight is 195 g/mol. The maximum absolute atomic E-state index is 10.8. The van der Waals surface area contributed by atoms with Gasteiger partial charge < -0.3 is 20.7 Å². The molecule has 0 amide bonds. The van der Waals surface area contributed by atoms with Gasteiger partial charge in [-0.15, -0.1) is 0 Å². The van der Waals surface area contributed by atoms with E-state index in [0.29, 0.717) is 5.56 Å². The highest BCUT2D eigenvalue weighted by Crippen LogP contribution is 2.40. The Labute approximate surface area is 79.7 Å². The summed E-state index contributed by atoms with van der Waals surface area (Å²) in [5.41, 5.74) is 6.11. The van der Waals surface area contributed by atoms with Gasteiger partial charge in [0.05, 0.1) is 11.6 Å². The first kappa shape index (κ1) is 8.83. The number of fused-ring (bicyclic) bond motifs is 1. The van der Waals surface area contributed by atoms with E-state index in [2.05, 4.69) is 0 Å². The highest BCUT2D eigenvalue weighted by molar-refractivity contribution is 5.91. The van der Waals surface area contributed by atoms with E-state index in [4.69, 9.17) is 15.6 Å². The normalized spacial score (nSPS) is 18.8. The molecule has 0 unspecified atom stereocenters. The zero-order valence-corrected chi connectivity index (χ0v) is 7.23. The molecule has 5 heteroatoms. The maximum Gasteiger partial charge on any atom is 0.336 e. The Balaban J connectivity index is 2.66. The van der Waals surface area contributed by atoms with Gasteiger partial charge in [0.25, 0.3) is 0 Å². The van der Waals surface area contributed by atoms with Crippen LogP contribution < -0.4 is 10.5 Å². The number of phenolic OH excluding ortho intramolecular Hbond substituents is 1. The van der Waals surface area contributed by atoms with Gasteiger partial charge in [0, 0.05) is 5.56 Å². The smallest absolute Gasteiger partial charge is 0.336 e. The highest BCUT2D eigenvalue weighted by Gasteiger charge is 2.29. The molecule has 1 aliphatic rings. The summed E-state index contributed by atoms with van der Waals surface area (Å²) in [6.45, 7) is 0.202. The number of phenols is 1. The molecule has 1 aromatic carbocycles. The summed E-state index contributed by atoms with van der Waals surface area (Å²) in [4.78, 5) is 10.8. The van der Waals surface area contributed by atoms with Gasteiger partial charge in [-0.25, -0.2) is 4.79 Å². The van der Waals surface area contributed by atoms with Crippen LogP contribution in [0.25, 0.3) is 0 Å². The lowest BCUT2D eigenvalue weighted by atomic mass is 10.0. The lowest BCUT2D eigenvalue weighted by molar-refractivity contribution is 0.0695. The van der Waals surface area contributed by atoms with Crippen molar-refractivity contribution in [1.82, 2.24) is 0 Å². The minimum absolute atomic E-state index is 0.0713. The number of hydrogen-bond acceptors (Lipinski definition) is 4. The third-order valence-corrected chi connectivity index (χ3v) is 2.18. The summed E-state index contributed by atoms with van der Waals surface area (Å²) in [7, 11) is 0. The maximum atomic E-state index is 10.8. The molecule has 0 saturated carbocycles. The number of carboxylic acids is 1. The molecule has 0 bridgehead atoms. The molecule has 0 fully saturated rings. The van der Waals surface area contributed by atoms with Crippen molar-refractivity contribution in [1.29, 1.82) is 0 Å². The third kappa shape index (κ3) is 1.10. The van der Waals surface area contributed by atoms with Crippen molar-refractivity contribution in [3.8, 4) is 11.5 Å². The van der Waals surface area contributed by atoms with E-state index in [1.807, 2.05) is 0 Å². The summed E-state index contributed by atoms with van der Waals surface area (Å²) in [6.07, 6.45) is 0. The largest absolute Gasteiger partial charge is 0.504 e. The first-order valence-corrected chi connectivity index (χ1v) is 4.09. The first-order valence-electron chi connectivity index (χ1n) is 4.09. The van der Waals surface area contributed by atoms with Gasteiger partial charge in [-0.3, -0.25) is 0 Å². The fraction of sp³-hybridized carbons (Fsp3) is 0.222. The Morgan fingerprint density at radius 3 is 2.93 bits per heavy atom. The van der Waals surface area contributed by atoms with E-state index in [0.717, 1.165) is 0 Å². The second-order valence-electron chi connectivity index (χ2n) is 3.10. The molecule has 0 aromatic heterocycles. The van der Waals surface area contributed by atoms with Crippen LogP contribution in [0.4, 0.5) is 0 Å². The van der Waals surface area contributed by atoms with E-state index < -0.39 is 12.0 Å². The Kier molecular flexibility index (Phi) is 1.82. The molecule has 4 N–H and O–H groups in total. The average Bonchev–Trinajstić information content (AvgIpc) is 2.50. The van der Waals surface area contributed by atoms with Crippen molar-refractivity contribution >= 4 is 5.97 Å². The number of rotatable bonds is 1. The summed E-state index contributed by atoms with van der Waals surface area (Å²) < 4.78 is 5.09. The molecule has 5 nitrogen and oxygen atoms in total. The first-order chi connectivity index (χ1) is 6.61. The second kappa shape index (κ2) is 2.88. The number of aromatic hydroxyl groups is 1. The monoisotopic (exact) mass is 195 g/mol. The van der Waals surface area contributed by atoms with Crippen molar-refractivity contribution in [3.63, 3.8) is 0 Å². The summed E-state index contributed by atoms with van der Waals surface area (Å²) in [6, 6.07) is 2.13. The second-order valence-corrected chi connectivity index (χ2v) is 3.10. The van der Waals surface area contributed by atoms with E-state index in [1.54, 1.807) is 0 Å². The van der Waals surface area contributed by atoms with Crippen molar-refractivity contribution in [3.05, 3.63) is 23.3 Å². The van der Waals surface area contributed by atoms with Gasteiger partial charge in [-0.05, 0) is 12.1 Å². The molecule has 1 heterocycles. The number of benzene rings is 1. The van der Waals surface area contributed by atoms with Gasteiger partial charge in [-0.1, -0.05) is 0 Å². The number of carbonyl (C=O) groups is 1. The number of hydrogen-bond donors (Lipinski definition) is 3. The highest BCUT2D eigenvalue weighted by atomic mass is 16.5. The van der Waals surface area contributed by atoms with Crippen molar-refractivity contribution in [2.75, 3.05) is 6.61 Å². The van der Waals surface area contributed by atoms with Crippen molar-refractivity contribution in [2.24, 2.45) is 5.73 Å². The zero-order chi connectivity index (χ0) is 10.3. The molecular weight excluding hydrogens is 186 g/mol. The SMILES string of the molecule is N[C@@H]1COc2c(O)ccc(C(=O)O)c21. The third-order valence-electron chi connectivity index (χ3n) is 2.18. The Morgan fingerprint density at radius 1 is 1.57 bits per heavy atom.